The van der Waals surface area contributed by atoms with Gasteiger partial charge in [-0.3, -0.25) is 4.79 Å². The molecule has 0 radical (unpaired) electrons. The van der Waals surface area contributed by atoms with Crippen molar-refractivity contribution in [3.63, 3.8) is 0 Å². The van der Waals surface area contributed by atoms with Gasteiger partial charge in [-0.25, -0.2) is 0 Å². The molecule has 0 spiro atoms. The van der Waals surface area contributed by atoms with E-state index >= 15 is 0 Å². The highest BCUT2D eigenvalue weighted by Gasteiger charge is 2.16. The number of benzene rings is 2. The topological polar surface area (TPSA) is 42.7 Å². The van der Waals surface area contributed by atoms with E-state index < -0.39 is 0 Å². The first kappa shape index (κ1) is 15.6. The second-order valence-electron chi connectivity index (χ2n) is 6.11. The summed E-state index contributed by atoms with van der Waals surface area (Å²) in [5.41, 5.74) is 1.14. The van der Waals surface area contributed by atoms with Crippen LogP contribution >= 0.6 is 0 Å². The molecule has 0 fully saturated rings. The first-order valence-electron chi connectivity index (χ1n) is 7.76. The number of rotatable bonds is 4. The summed E-state index contributed by atoms with van der Waals surface area (Å²) in [6, 6.07) is 13.0. The summed E-state index contributed by atoms with van der Waals surface area (Å²) in [7, 11) is 4.05. The molecule has 2 atom stereocenters. The maximum absolute atomic E-state index is 12.5. The summed E-state index contributed by atoms with van der Waals surface area (Å²) in [6.45, 7) is 4.14. The molecular weight excluding hydrogens is 290 g/mol. The number of ether oxygens (including phenoxy) is 1. The van der Waals surface area contributed by atoms with E-state index in [1.807, 2.05) is 39.2 Å². The van der Waals surface area contributed by atoms with Crippen molar-refractivity contribution in [3.05, 3.63) is 52.7 Å². The summed E-state index contributed by atoms with van der Waals surface area (Å²) < 4.78 is 11.9. The predicted molar refractivity (Wildman–Crippen MR) is 93.2 cm³/mol. The zero-order chi connectivity index (χ0) is 16.6. The standard InChI is InChI=1S/C19H21NO3/c1-12(20(3)4)13(2)22-14-9-10-16-18(11-14)23-17-8-6-5-7-15(17)19(16)21/h5-13H,1-4H3. The molecule has 0 bridgehead atoms. The predicted octanol–water partition coefficient (Wildman–Crippen LogP) is 3.66. The Morgan fingerprint density at radius 3 is 2.43 bits per heavy atom. The second-order valence-corrected chi connectivity index (χ2v) is 6.11. The Morgan fingerprint density at radius 2 is 1.70 bits per heavy atom. The lowest BCUT2D eigenvalue weighted by Crippen LogP contribution is -2.38. The molecule has 4 heteroatoms. The summed E-state index contributed by atoms with van der Waals surface area (Å²) in [4.78, 5) is 14.6. The van der Waals surface area contributed by atoms with Crippen LogP contribution in [0.2, 0.25) is 0 Å². The fourth-order valence-corrected chi connectivity index (χ4v) is 2.59. The Kier molecular flexibility index (Phi) is 4.09. The molecule has 1 aromatic heterocycles. The second kappa shape index (κ2) is 6.05. The van der Waals surface area contributed by atoms with Gasteiger partial charge in [0.2, 0.25) is 5.43 Å². The largest absolute Gasteiger partial charge is 0.489 e. The van der Waals surface area contributed by atoms with Crippen LogP contribution in [0.5, 0.6) is 5.75 Å². The van der Waals surface area contributed by atoms with Crippen molar-refractivity contribution in [2.24, 2.45) is 0 Å². The summed E-state index contributed by atoms with van der Waals surface area (Å²) in [5.74, 6) is 0.706. The quantitative estimate of drug-likeness (QED) is 0.690. The zero-order valence-corrected chi connectivity index (χ0v) is 13.9. The minimum atomic E-state index is -0.0110. The number of hydrogen-bond acceptors (Lipinski definition) is 4. The Balaban J connectivity index is 2.02. The molecule has 0 saturated carbocycles. The van der Waals surface area contributed by atoms with Crippen LogP contribution in [0.4, 0.5) is 0 Å². The van der Waals surface area contributed by atoms with Gasteiger partial charge in [0.25, 0.3) is 0 Å². The Labute approximate surface area is 135 Å². The van der Waals surface area contributed by atoms with Gasteiger partial charge in [-0.05, 0) is 52.2 Å². The van der Waals surface area contributed by atoms with Crippen LogP contribution in [0.25, 0.3) is 21.9 Å². The summed E-state index contributed by atoms with van der Waals surface area (Å²) >= 11 is 0. The van der Waals surface area contributed by atoms with Gasteiger partial charge >= 0.3 is 0 Å². The first-order chi connectivity index (χ1) is 11.0. The van der Waals surface area contributed by atoms with Gasteiger partial charge in [-0.1, -0.05) is 12.1 Å². The van der Waals surface area contributed by atoms with E-state index in [1.165, 1.54) is 0 Å². The molecule has 120 valence electrons. The van der Waals surface area contributed by atoms with Crippen molar-refractivity contribution >= 4 is 21.9 Å². The number of fused-ring (bicyclic) bond motifs is 2. The molecule has 2 unspecified atom stereocenters. The Hall–Kier alpha value is -2.33. The molecule has 0 aliphatic carbocycles. The molecular formula is C19H21NO3. The third kappa shape index (κ3) is 2.94. The lowest BCUT2D eigenvalue weighted by molar-refractivity contribution is 0.121. The van der Waals surface area contributed by atoms with E-state index in [9.17, 15) is 4.79 Å². The van der Waals surface area contributed by atoms with Crippen molar-refractivity contribution < 1.29 is 9.15 Å². The maximum atomic E-state index is 12.5. The number of hydrogen-bond donors (Lipinski definition) is 0. The maximum Gasteiger partial charge on any atom is 0.200 e. The smallest absolute Gasteiger partial charge is 0.200 e. The third-order valence-electron chi connectivity index (χ3n) is 4.37. The number of nitrogens with zero attached hydrogens (tertiary/aromatic N) is 1. The first-order valence-corrected chi connectivity index (χ1v) is 7.76. The lowest BCUT2D eigenvalue weighted by atomic mass is 10.1. The average Bonchev–Trinajstić information content (AvgIpc) is 2.54. The van der Waals surface area contributed by atoms with Gasteiger partial charge < -0.3 is 14.1 Å². The van der Waals surface area contributed by atoms with E-state index in [1.54, 1.807) is 24.3 Å². The average molecular weight is 311 g/mol. The van der Waals surface area contributed by atoms with Crippen LogP contribution in [0.15, 0.2) is 51.7 Å². The van der Waals surface area contributed by atoms with E-state index in [0.29, 0.717) is 27.7 Å². The third-order valence-corrected chi connectivity index (χ3v) is 4.37. The van der Waals surface area contributed by atoms with Crippen LogP contribution in [0, 0.1) is 0 Å². The highest BCUT2D eigenvalue weighted by molar-refractivity contribution is 5.90. The van der Waals surface area contributed by atoms with Crippen molar-refractivity contribution in [1.82, 2.24) is 4.90 Å². The van der Waals surface area contributed by atoms with Crippen LogP contribution in [0.3, 0.4) is 0 Å². The van der Waals surface area contributed by atoms with Crippen LogP contribution in [-0.4, -0.2) is 31.1 Å². The van der Waals surface area contributed by atoms with Gasteiger partial charge in [0.05, 0.1) is 10.8 Å². The van der Waals surface area contributed by atoms with Crippen LogP contribution in [0.1, 0.15) is 13.8 Å². The van der Waals surface area contributed by atoms with Crippen molar-refractivity contribution in [2.75, 3.05) is 14.1 Å². The fourth-order valence-electron chi connectivity index (χ4n) is 2.59. The van der Waals surface area contributed by atoms with E-state index in [4.69, 9.17) is 9.15 Å². The fraction of sp³-hybridized carbons (Fsp3) is 0.316. The van der Waals surface area contributed by atoms with Gasteiger partial charge in [0.15, 0.2) is 0 Å². The molecule has 0 aliphatic rings. The lowest BCUT2D eigenvalue weighted by Gasteiger charge is -2.27. The van der Waals surface area contributed by atoms with E-state index in [2.05, 4.69) is 11.8 Å². The summed E-state index contributed by atoms with van der Waals surface area (Å²) in [5, 5.41) is 1.17. The van der Waals surface area contributed by atoms with Gasteiger partial charge in [-0.15, -0.1) is 0 Å². The molecule has 2 aromatic carbocycles. The normalized spacial score (nSPS) is 14.3. The SMILES string of the molecule is CC(Oc1ccc2c(=O)c3ccccc3oc2c1)C(C)N(C)C. The molecule has 0 aliphatic heterocycles. The number of likely N-dealkylation sites (N-methyl/N-ethyl adjacent to an activating group) is 1. The van der Waals surface area contributed by atoms with Gasteiger partial charge in [0.1, 0.15) is 23.0 Å². The Bertz CT molecular complexity index is 898. The monoisotopic (exact) mass is 311 g/mol. The van der Waals surface area contributed by atoms with E-state index in [-0.39, 0.29) is 17.6 Å². The van der Waals surface area contributed by atoms with Crippen molar-refractivity contribution in [1.29, 1.82) is 0 Å². The summed E-state index contributed by atoms with van der Waals surface area (Å²) in [6.07, 6.45) is 0.0228. The minimum Gasteiger partial charge on any atom is -0.489 e. The number of para-hydroxylation sites is 1. The van der Waals surface area contributed by atoms with Crippen LogP contribution < -0.4 is 10.2 Å². The minimum absolute atomic E-state index is 0.0110. The molecule has 4 nitrogen and oxygen atoms in total. The molecule has 3 rings (SSSR count). The highest BCUT2D eigenvalue weighted by atomic mass is 16.5. The molecule has 23 heavy (non-hydrogen) atoms. The van der Waals surface area contributed by atoms with Gasteiger partial charge in [0, 0.05) is 12.1 Å². The molecule has 0 amide bonds. The molecule has 3 aromatic rings. The van der Waals surface area contributed by atoms with Crippen molar-refractivity contribution in [2.45, 2.75) is 26.0 Å². The molecule has 0 N–H and O–H groups in total. The molecule has 1 heterocycles. The van der Waals surface area contributed by atoms with Gasteiger partial charge in [-0.2, -0.15) is 0 Å². The van der Waals surface area contributed by atoms with Crippen LogP contribution in [-0.2, 0) is 0 Å². The van der Waals surface area contributed by atoms with E-state index in [0.717, 1.165) is 0 Å². The molecule has 0 saturated heterocycles. The van der Waals surface area contributed by atoms with Crippen molar-refractivity contribution in [3.8, 4) is 5.75 Å². The zero-order valence-electron chi connectivity index (χ0n) is 13.9. The highest BCUT2D eigenvalue weighted by Crippen LogP contribution is 2.24. The Morgan fingerprint density at radius 1 is 1.00 bits per heavy atom.